The Balaban J connectivity index is 2.17. The maximum Gasteiger partial charge on any atom is 0.340 e. The summed E-state index contributed by atoms with van der Waals surface area (Å²) >= 11 is 9.76. The Morgan fingerprint density at radius 2 is 2.00 bits per heavy atom. The zero-order chi connectivity index (χ0) is 15.0. The highest BCUT2D eigenvalue weighted by Crippen LogP contribution is 2.38. The molecule has 21 heavy (non-hydrogen) atoms. The molecule has 1 N–H and O–H groups in total. The van der Waals surface area contributed by atoms with E-state index in [1.54, 1.807) is 0 Å². The van der Waals surface area contributed by atoms with Crippen LogP contribution in [-0.2, 0) is 0 Å². The fourth-order valence-corrected chi connectivity index (χ4v) is 3.64. The van der Waals surface area contributed by atoms with Crippen molar-refractivity contribution < 1.29 is 9.90 Å². The van der Waals surface area contributed by atoms with E-state index in [0.29, 0.717) is 5.69 Å². The zero-order valence-corrected chi connectivity index (χ0v) is 13.6. The van der Waals surface area contributed by atoms with Crippen LogP contribution in [0.1, 0.15) is 47.7 Å². The number of aromatic carboxylic acids is 1. The van der Waals surface area contributed by atoms with Crippen LogP contribution in [0.2, 0.25) is 5.15 Å². The van der Waals surface area contributed by atoms with Gasteiger partial charge in [0.2, 0.25) is 0 Å². The number of hydrogen-bond acceptors (Lipinski definition) is 2. The lowest BCUT2D eigenvalue weighted by Gasteiger charge is -2.06. The molecule has 0 unspecified atom stereocenters. The molecule has 0 saturated heterocycles. The first kappa shape index (κ1) is 14.6. The van der Waals surface area contributed by atoms with Crippen molar-refractivity contribution in [2.45, 2.75) is 31.6 Å². The van der Waals surface area contributed by atoms with Crippen molar-refractivity contribution in [2.24, 2.45) is 0 Å². The summed E-state index contributed by atoms with van der Waals surface area (Å²) in [6.07, 6.45) is 4.18. The van der Waals surface area contributed by atoms with Gasteiger partial charge in [-0.2, -0.15) is 5.10 Å². The van der Waals surface area contributed by atoms with Crippen molar-refractivity contribution >= 4 is 33.5 Å². The van der Waals surface area contributed by atoms with E-state index in [0.717, 1.165) is 35.8 Å². The Hall–Kier alpha value is -1.33. The number of carboxylic acid groups (broad SMARTS) is 1. The van der Waals surface area contributed by atoms with Crippen molar-refractivity contribution in [2.75, 3.05) is 0 Å². The highest BCUT2D eigenvalue weighted by atomic mass is 79.9. The molecule has 1 aromatic heterocycles. The maximum atomic E-state index is 11.6. The van der Waals surface area contributed by atoms with Crippen molar-refractivity contribution in [3.8, 4) is 5.69 Å². The standard InChI is InChI=1S/C15H14BrClN2O2/c16-10-7-3-4-8-11(10)19-14(17)12(15(20)21)13(18-19)9-5-1-2-6-9/h3-4,7-9H,1-2,5-6H2,(H,20,21). The molecule has 0 atom stereocenters. The fourth-order valence-electron chi connectivity index (χ4n) is 2.88. The maximum absolute atomic E-state index is 11.6. The van der Waals surface area contributed by atoms with Gasteiger partial charge < -0.3 is 5.11 Å². The van der Waals surface area contributed by atoms with E-state index in [1.807, 2.05) is 24.3 Å². The average molecular weight is 370 g/mol. The molecule has 6 heteroatoms. The van der Waals surface area contributed by atoms with Crippen LogP contribution in [0.5, 0.6) is 0 Å². The molecule has 1 aliphatic rings. The van der Waals surface area contributed by atoms with Gasteiger partial charge in [-0.05, 0) is 40.9 Å². The third kappa shape index (κ3) is 2.60. The number of benzene rings is 1. The van der Waals surface area contributed by atoms with E-state index < -0.39 is 5.97 Å². The topological polar surface area (TPSA) is 55.1 Å². The first-order valence-electron chi connectivity index (χ1n) is 6.86. The van der Waals surface area contributed by atoms with Gasteiger partial charge in [-0.1, -0.05) is 36.6 Å². The number of rotatable bonds is 3. The van der Waals surface area contributed by atoms with Gasteiger partial charge in [0, 0.05) is 10.4 Å². The second-order valence-electron chi connectivity index (χ2n) is 5.20. The minimum atomic E-state index is -1.01. The summed E-state index contributed by atoms with van der Waals surface area (Å²) in [7, 11) is 0. The molecule has 1 fully saturated rings. The molecule has 110 valence electrons. The van der Waals surface area contributed by atoms with E-state index in [2.05, 4.69) is 21.0 Å². The van der Waals surface area contributed by atoms with Crippen LogP contribution < -0.4 is 0 Å². The molecule has 4 nitrogen and oxygen atoms in total. The molecule has 0 spiro atoms. The highest BCUT2D eigenvalue weighted by Gasteiger charge is 2.30. The number of aromatic nitrogens is 2. The van der Waals surface area contributed by atoms with E-state index >= 15 is 0 Å². The zero-order valence-electron chi connectivity index (χ0n) is 11.2. The monoisotopic (exact) mass is 368 g/mol. The lowest BCUT2D eigenvalue weighted by molar-refractivity contribution is 0.0695. The predicted octanol–water partition coefficient (Wildman–Crippen LogP) is 4.64. The first-order chi connectivity index (χ1) is 10.1. The molecule has 1 aromatic carbocycles. The lowest BCUT2D eigenvalue weighted by Crippen LogP contribution is -2.04. The minimum Gasteiger partial charge on any atom is -0.478 e. The van der Waals surface area contributed by atoms with Crippen LogP contribution in [0, 0.1) is 0 Å². The SMILES string of the molecule is O=C(O)c1c(C2CCCC2)nn(-c2ccccc2Br)c1Cl. The number of hydrogen-bond donors (Lipinski definition) is 1. The van der Waals surface area contributed by atoms with Gasteiger partial charge in [0.05, 0.1) is 11.4 Å². The molecule has 1 heterocycles. The van der Waals surface area contributed by atoms with Crippen LogP contribution in [0.4, 0.5) is 0 Å². The van der Waals surface area contributed by atoms with Crippen LogP contribution >= 0.6 is 27.5 Å². The quantitative estimate of drug-likeness (QED) is 0.857. The Morgan fingerprint density at radius 1 is 1.33 bits per heavy atom. The van der Waals surface area contributed by atoms with Gasteiger partial charge in [0.25, 0.3) is 0 Å². The molecule has 0 bridgehead atoms. The molecule has 0 amide bonds. The Labute approximate surface area is 135 Å². The molecule has 2 aromatic rings. The van der Waals surface area contributed by atoms with E-state index in [1.165, 1.54) is 4.68 Å². The van der Waals surface area contributed by atoms with Crippen LogP contribution in [0.25, 0.3) is 5.69 Å². The van der Waals surface area contributed by atoms with E-state index in [-0.39, 0.29) is 16.6 Å². The minimum absolute atomic E-state index is 0.138. The summed E-state index contributed by atoms with van der Waals surface area (Å²) in [4.78, 5) is 11.6. The van der Waals surface area contributed by atoms with Crippen LogP contribution in [0.3, 0.4) is 0 Å². The van der Waals surface area contributed by atoms with Crippen molar-refractivity contribution in [1.82, 2.24) is 9.78 Å². The number of para-hydroxylation sites is 1. The second-order valence-corrected chi connectivity index (χ2v) is 6.41. The molecular formula is C15H14BrClN2O2. The van der Waals surface area contributed by atoms with E-state index in [4.69, 9.17) is 11.6 Å². The smallest absolute Gasteiger partial charge is 0.340 e. The normalized spacial score (nSPS) is 15.5. The lowest BCUT2D eigenvalue weighted by atomic mass is 10.0. The Kier molecular flexibility index (Phi) is 4.04. The Morgan fingerprint density at radius 3 is 2.62 bits per heavy atom. The summed E-state index contributed by atoms with van der Waals surface area (Å²) in [5, 5.41) is 14.2. The molecular weight excluding hydrogens is 356 g/mol. The third-order valence-electron chi connectivity index (χ3n) is 3.89. The molecule has 3 rings (SSSR count). The van der Waals surface area contributed by atoms with E-state index in [9.17, 15) is 9.90 Å². The molecule has 1 aliphatic carbocycles. The van der Waals surface area contributed by atoms with Crippen molar-refractivity contribution in [1.29, 1.82) is 0 Å². The van der Waals surface area contributed by atoms with Gasteiger partial charge in [0.1, 0.15) is 10.7 Å². The third-order valence-corrected chi connectivity index (χ3v) is 4.91. The number of carbonyl (C=O) groups is 1. The van der Waals surface area contributed by atoms with Gasteiger partial charge >= 0.3 is 5.97 Å². The summed E-state index contributed by atoms with van der Waals surface area (Å²) in [6, 6.07) is 7.49. The first-order valence-corrected chi connectivity index (χ1v) is 8.03. The van der Waals surface area contributed by atoms with Gasteiger partial charge in [-0.3, -0.25) is 0 Å². The number of halogens is 2. The van der Waals surface area contributed by atoms with Gasteiger partial charge in [-0.25, -0.2) is 9.48 Å². The summed E-state index contributed by atoms with van der Waals surface area (Å²) in [5.74, 6) is -0.822. The van der Waals surface area contributed by atoms with Crippen molar-refractivity contribution in [3.05, 3.63) is 45.1 Å². The molecule has 0 radical (unpaired) electrons. The second kappa shape index (κ2) is 5.81. The largest absolute Gasteiger partial charge is 0.478 e. The fraction of sp³-hybridized carbons (Fsp3) is 0.333. The highest BCUT2D eigenvalue weighted by molar-refractivity contribution is 9.10. The predicted molar refractivity (Wildman–Crippen MR) is 84.4 cm³/mol. The van der Waals surface area contributed by atoms with Crippen LogP contribution in [-0.4, -0.2) is 20.9 Å². The van der Waals surface area contributed by atoms with Gasteiger partial charge in [0.15, 0.2) is 0 Å². The molecule has 0 aliphatic heterocycles. The summed E-state index contributed by atoms with van der Waals surface area (Å²) in [5.41, 5.74) is 1.49. The summed E-state index contributed by atoms with van der Waals surface area (Å²) in [6.45, 7) is 0. The molecule has 1 saturated carbocycles. The van der Waals surface area contributed by atoms with Crippen molar-refractivity contribution in [3.63, 3.8) is 0 Å². The number of nitrogens with zero attached hydrogens (tertiary/aromatic N) is 2. The summed E-state index contributed by atoms with van der Waals surface area (Å²) < 4.78 is 2.34. The average Bonchev–Trinajstić information content (AvgIpc) is 3.06. The number of carboxylic acids is 1. The van der Waals surface area contributed by atoms with Crippen LogP contribution in [0.15, 0.2) is 28.7 Å². The van der Waals surface area contributed by atoms with Gasteiger partial charge in [-0.15, -0.1) is 0 Å². The Bertz CT molecular complexity index is 693.